The number of carbonyl (C=O) groups excluding carboxylic acids is 1. The molecule has 0 aliphatic heterocycles. The molecule has 0 aliphatic carbocycles. The molecule has 0 saturated carbocycles. The number of aliphatic carboxylic acids is 1. The second-order valence-electron chi connectivity index (χ2n) is 5.67. The molecular weight excluding hydrogens is 272 g/mol. The molecule has 0 aliphatic rings. The molecule has 6 nitrogen and oxygen atoms in total. The van der Waals surface area contributed by atoms with Gasteiger partial charge < -0.3 is 14.5 Å². The highest BCUT2D eigenvalue weighted by molar-refractivity contribution is 5.78. The van der Waals surface area contributed by atoms with Crippen LogP contribution in [0, 0.1) is 13.8 Å². The Balaban J connectivity index is 2.75. The van der Waals surface area contributed by atoms with Gasteiger partial charge in [-0.05, 0) is 33.6 Å². The quantitative estimate of drug-likeness (QED) is 0.835. The van der Waals surface area contributed by atoms with Crippen LogP contribution in [0.15, 0.2) is 4.52 Å². The molecule has 0 aromatic carbocycles. The zero-order chi connectivity index (χ0) is 16.2. The molecule has 1 aromatic rings. The van der Waals surface area contributed by atoms with E-state index in [4.69, 9.17) is 9.63 Å². The Morgan fingerprint density at radius 3 is 2.33 bits per heavy atom. The van der Waals surface area contributed by atoms with Crippen molar-refractivity contribution in [2.75, 3.05) is 6.54 Å². The molecule has 1 N–H and O–H groups in total. The lowest BCUT2D eigenvalue weighted by molar-refractivity contribution is -0.139. The van der Waals surface area contributed by atoms with Crippen LogP contribution in [0.2, 0.25) is 0 Å². The number of carbonyl (C=O) groups is 2. The number of amides is 1. The summed E-state index contributed by atoms with van der Waals surface area (Å²) in [6.07, 6.45) is 0.282. The Bertz CT molecular complexity index is 488. The SMILES string of the molecule is Cc1noc(C)c1C(C)CC(=O)N(CCC(=O)O)C(C)C. The maximum absolute atomic E-state index is 12.4. The van der Waals surface area contributed by atoms with Crippen molar-refractivity contribution in [1.29, 1.82) is 0 Å². The fourth-order valence-electron chi connectivity index (χ4n) is 2.56. The molecule has 0 saturated heterocycles. The summed E-state index contributed by atoms with van der Waals surface area (Å²) in [4.78, 5) is 24.7. The van der Waals surface area contributed by atoms with E-state index in [1.165, 1.54) is 0 Å². The van der Waals surface area contributed by atoms with Crippen LogP contribution in [0.5, 0.6) is 0 Å². The van der Waals surface area contributed by atoms with Crippen LogP contribution < -0.4 is 0 Å². The van der Waals surface area contributed by atoms with Crippen LogP contribution in [-0.2, 0) is 9.59 Å². The second-order valence-corrected chi connectivity index (χ2v) is 5.67. The lowest BCUT2D eigenvalue weighted by Gasteiger charge is -2.27. The lowest BCUT2D eigenvalue weighted by Crippen LogP contribution is -2.39. The lowest BCUT2D eigenvalue weighted by atomic mass is 9.95. The number of nitrogens with zero attached hydrogens (tertiary/aromatic N) is 2. The molecule has 0 bridgehead atoms. The largest absolute Gasteiger partial charge is 0.481 e. The summed E-state index contributed by atoms with van der Waals surface area (Å²) in [6.45, 7) is 9.67. The zero-order valence-corrected chi connectivity index (χ0v) is 13.3. The Kier molecular flexibility index (Phi) is 5.93. The van der Waals surface area contributed by atoms with Crippen molar-refractivity contribution < 1.29 is 19.2 Å². The monoisotopic (exact) mass is 296 g/mol. The van der Waals surface area contributed by atoms with E-state index in [1.54, 1.807) is 4.90 Å². The van der Waals surface area contributed by atoms with Gasteiger partial charge in [-0.25, -0.2) is 0 Å². The predicted octanol–water partition coefficient (Wildman–Crippen LogP) is 2.50. The summed E-state index contributed by atoms with van der Waals surface area (Å²) in [6, 6.07) is -0.0197. The average molecular weight is 296 g/mol. The normalized spacial score (nSPS) is 12.5. The van der Waals surface area contributed by atoms with Crippen molar-refractivity contribution in [2.45, 2.75) is 59.4 Å². The van der Waals surface area contributed by atoms with Crippen LogP contribution in [0.1, 0.15) is 56.5 Å². The number of rotatable bonds is 7. The molecule has 1 aromatic heterocycles. The van der Waals surface area contributed by atoms with E-state index in [0.29, 0.717) is 6.42 Å². The van der Waals surface area contributed by atoms with E-state index in [2.05, 4.69) is 5.16 Å². The Morgan fingerprint density at radius 2 is 1.90 bits per heavy atom. The number of carboxylic acids is 1. The zero-order valence-electron chi connectivity index (χ0n) is 13.3. The first kappa shape index (κ1) is 17.2. The minimum Gasteiger partial charge on any atom is -0.481 e. The standard InChI is InChI=1S/C15H24N2O4/c1-9(2)17(7-6-14(19)20)13(18)8-10(3)15-11(4)16-21-12(15)5/h9-10H,6-8H2,1-5H3,(H,19,20). The number of aryl methyl sites for hydroxylation is 2. The molecule has 0 radical (unpaired) electrons. The van der Waals surface area contributed by atoms with Crippen molar-refractivity contribution in [3.05, 3.63) is 17.0 Å². The molecule has 1 rings (SSSR count). The van der Waals surface area contributed by atoms with E-state index in [1.807, 2.05) is 34.6 Å². The smallest absolute Gasteiger partial charge is 0.305 e. The van der Waals surface area contributed by atoms with E-state index >= 15 is 0 Å². The van der Waals surface area contributed by atoms with Gasteiger partial charge in [-0.15, -0.1) is 0 Å². The highest BCUT2D eigenvalue weighted by Gasteiger charge is 2.24. The summed E-state index contributed by atoms with van der Waals surface area (Å²) >= 11 is 0. The molecule has 0 spiro atoms. The van der Waals surface area contributed by atoms with E-state index in [0.717, 1.165) is 17.0 Å². The maximum atomic E-state index is 12.4. The molecule has 0 fully saturated rings. The molecule has 118 valence electrons. The number of hydrogen-bond donors (Lipinski definition) is 1. The number of carboxylic acid groups (broad SMARTS) is 1. The Labute approximate surface area is 125 Å². The number of aromatic nitrogens is 1. The minimum atomic E-state index is -0.896. The van der Waals surface area contributed by atoms with Gasteiger partial charge in [0.25, 0.3) is 0 Å². The van der Waals surface area contributed by atoms with Crippen molar-refractivity contribution >= 4 is 11.9 Å². The fourth-order valence-corrected chi connectivity index (χ4v) is 2.56. The molecule has 21 heavy (non-hydrogen) atoms. The topological polar surface area (TPSA) is 83.6 Å². The summed E-state index contributed by atoms with van der Waals surface area (Å²) in [7, 11) is 0. The van der Waals surface area contributed by atoms with Gasteiger partial charge in [0, 0.05) is 24.6 Å². The molecule has 1 heterocycles. The predicted molar refractivity (Wildman–Crippen MR) is 78.1 cm³/mol. The molecular formula is C15H24N2O4. The van der Waals surface area contributed by atoms with Crippen molar-refractivity contribution in [2.24, 2.45) is 0 Å². The van der Waals surface area contributed by atoms with E-state index in [-0.39, 0.29) is 30.8 Å². The third-order valence-electron chi connectivity index (χ3n) is 3.57. The molecule has 1 atom stereocenters. The van der Waals surface area contributed by atoms with Gasteiger partial charge in [0.05, 0.1) is 12.1 Å². The van der Waals surface area contributed by atoms with Crippen LogP contribution in [0.25, 0.3) is 0 Å². The Hall–Kier alpha value is -1.85. The molecule has 1 unspecified atom stereocenters. The highest BCUT2D eigenvalue weighted by Crippen LogP contribution is 2.26. The first-order valence-corrected chi connectivity index (χ1v) is 7.18. The van der Waals surface area contributed by atoms with Gasteiger partial charge in [-0.1, -0.05) is 12.1 Å². The van der Waals surface area contributed by atoms with Gasteiger partial charge in [-0.2, -0.15) is 0 Å². The average Bonchev–Trinajstić information content (AvgIpc) is 2.68. The Morgan fingerprint density at radius 1 is 1.29 bits per heavy atom. The first-order valence-electron chi connectivity index (χ1n) is 7.18. The molecule has 6 heteroatoms. The first-order chi connectivity index (χ1) is 9.73. The maximum Gasteiger partial charge on any atom is 0.305 e. The minimum absolute atomic E-state index is 0.00479. The van der Waals surface area contributed by atoms with E-state index in [9.17, 15) is 9.59 Å². The van der Waals surface area contributed by atoms with Crippen LogP contribution in [-0.4, -0.2) is 39.6 Å². The van der Waals surface area contributed by atoms with E-state index < -0.39 is 5.97 Å². The third-order valence-corrected chi connectivity index (χ3v) is 3.57. The van der Waals surface area contributed by atoms with Crippen LogP contribution in [0.3, 0.4) is 0 Å². The highest BCUT2D eigenvalue weighted by atomic mass is 16.5. The summed E-state index contributed by atoms with van der Waals surface area (Å²) in [5.74, 6) is -0.213. The second kappa shape index (κ2) is 7.24. The van der Waals surface area contributed by atoms with Gasteiger partial charge in [0.1, 0.15) is 5.76 Å². The van der Waals surface area contributed by atoms with Gasteiger partial charge in [0.15, 0.2) is 0 Å². The van der Waals surface area contributed by atoms with Crippen molar-refractivity contribution in [3.8, 4) is 0 Å². The van der Waals surface area contributed by atoms with Gasteiger partial charge in [-0.3, -0.25) is 9.59 Å². The van der Waals surface area contributed by atoms with Gasteiger partial charge in [0.2, 0.25) is 5.91 Å². The third kappa shape index (κ3) is 4.58. The summed E-state index contributed by atoms with van der Waals surface area (Å²) in [5.41, 5.74) is 1.76. The van der Waals surface area contributed by atoms with Crippen LogP contribution in [0.4, 0.5) is 0 Å². The van der Waals surface area contributed by atoms with Crippen molar-refractivity contribution in [3.63, 3.8) is 0 Å². The number of hydrogen-bond acceptors (Lipinski definition) is 4. The van der Waals surface area contributed by atoms with Crippen LogP contribution >= 0.6 is 0 Å². The molecule has 1 amide bonds. The summed E-state index contributed by atoms with van der Waals surface area (Å²) < 4.78 is 5.13. The summed E-state index contributed by atoms with van der Waals surface area (Å²) in [5, 5.41) is 12.7. The van der Waals surface area contributed by atoms with Gasteiger partial charge >= 0.3 is 5.97 Å². The van der Waals surface area contributed by atoms with Crippen molar-refractivity contribution in [1.82, 2.24) is 10.1 Å². The fraction of sp³-hybridized carbons (Fsp3) is 0.667.